The number of rotatable bonds is 5. The van der Waals surface area contributed by atoms with Crippen molar-refractivity contribution < 1.29 is 8.42 Å². The molecule has 0 spiro atoms. The normalized spacial score (nSPS) is 39.5. The van der Waals surface area contributed by atoms with E-state index in [4.69, 9.17) is 23.2 Å². The van der Waals surface area contributed by atoms with E-state index in [0.717, 1.165) is 30.6 Å². The Balaban J connectivity index is 1.74. The average molecular weight is 339 g/mol. The van der Waals surface area contributed by atoms with Crippen LogP contribution in [0.3, 0.4) is 0 Å². The highest BCUT2D eigenvalue weighted by molar-refractivity contribution is 7.91. The Morgan fingerprint density at radius 2 is 1.80 bits per heavy atom. The molecule has 20 heavy (non-hydrogen) atoms. The maximum absolute atomic E-state index is 11.8. The lowest BCUT2D eigenvalue weighted by atomic mass is 9.69. The third-order valence-electron chi connectivity index (χ3n) is 6.18. The minimum atomic E-state index is -2.86. The molecule has 1 heterocycles. The van der Waals surface area contributed by atoms with Crippen molar-refractivity contribution in [3.8, 4) is 0 Å². The molecule has 2 bridgehead atoms. The van der Waals surface area contributed by atoms with Gasteiger partial charge in [0.2, 0.25) is 0 Å². The molecule has 2 nitrogen and oxygen atoms in total. The Hall–Kier alpha value is 0.530. The fraction of sp³-hybridized carbons (Fsp3) is 1.00. The lowest BCUT2D eigenvalue weighted by Gasteiger charge is -2.39. The molecule has 1 aliphatic heterocycles. The number of hydrogen-bond acceptors (Lipinski definition) is 2. The van der Waals surface area contributed by atoms with Crippen molar-refractivity contribution in [1.82, 2.24) is 0 Å². The Morgan fingerprint density at radius 1 is 1.05 bits per heavy atom. The van der Waals surface area contributed by atoms with Gasteiger partial charge in [-0.3, -0.25) is 0 Å². The van der Waals surface area contributed by atoms with Gasteiger partial charge in [0.1, 0.15) is 0 Å². The summed E-state index contributed by atoms with van der Waals surface area (Å²) in [5.41, 5.74) is -0.165. The predicted octanol–water partition coefficient (Wildman–Crippen LogP) is 3.71. The highest BCUT2D eigenvalue weighted by Crippen LogP contribution is 2.54. The largest absolute Gasteiger partial charge is 0.229 e. The molecule has 3 fully saturated rings. The van der Waals surface area contributed by atoms with E-state index in [0.29, 0.717) is 23.3 Å². The monoisotopic (exact) mass is 338 g/mol. The van der Waals surface area contributed by atoms with Gasteiger partial charge in [0.25, 0.3) is 0 Å². The third kappa shape index (κ3) is 2.75. The Labute approximate surface area is 132 Å². The third-order valence-corrected chi connectivity index (χ3v) is 9.02. The van der Waals surface area contributed by atoms with Gasteiger partial charge in [-0.2, -0.15) is 0 Å². The Kier molecular flexibility index (Phi) is 4.34. The number of alkyl halides is 2. The summed E-state index contributed by atoms with van der Waals surface area (Å²) in [4.78, 5) is 0. The molecule has 0 aromatic heterocycles. The Bertz CT molecular complexity index is 458. The zero-order valence-electron chi connectivity index (χ0n) is 11.9. The van der Waals surface area contributed by atoms with Crippen LogP contribution in [0.1, 0.15) is 38.5 Å². The summed E-state index contributed by atoms with van der Waals surface area (Å²) < 4.78 is 23.6. The lowest BCUT2D eigenvalue weighted by Crippen LogP contribution is -2.38. The van der Waals surface area contributed by atoms with Gasteiger partial charge in [-0.1, -0.05) is 6.42 Å². The first-order valence-electron chi connectivity index (χ1n) is 7.80. The molecule has 4 unspecified atom stereocenters. The second-order valence-corrected chi connectivity index (χ2v) is 10.1. The van der Waals surface area contributed by atoms with Crippen LogP contribution in [0, 0.1) is 29.1 Å². The maximum atomic E-state index is 11.8. The van der Waals surface area contributed by atoms with Crippen molar-refractivity contribution in [2.75, 3.05) is 23.3 Å². The van der Waals surface area contributed by atoms with E-state index in [9.17, 15) is 8.42 Å². The molecule has 3 rings (SSSR count). The smallest absolute Gasteiger partial charge is 0.150 e. The van der Waals surface area contributed by atoms with Gasteiger partial charge < -0.3 is 0 Å². The summed E-state index contributed by atoms with van der Waals surface area (Å²) in [5.74, 6) is 4.30. The summed E-state index contributed by atoms with van der Waals surface area (Å²) in [6.07, 6.45) is 7.25. The first kappa shape index (κ1) is 15.4. The van der Waals surface area contributed by atoms with Gasteiger partial charge in [-0.15, -0.1) is 23.2 Å². The summed E-state index contributed by atoms with van der Waals surface area (Å²) in [6.45, 7) is 0. The van der Waals surface area contributed by atoms with Crippen LogP contribution in [-0.2, 0) is 9.84 Å². The van der Waals surface area contributed by atoms with E-state index < -0.39 is 9.84 Å². The minimum absolute atomic E-state index is 0.165. The maximum Gasteiger partial charge on any atom is 0.150 e. The molecule has 4 atom stereocenters. The van der Waals surface area contributed by atoms with Crippen molar-refractivity contribution in [3.05, 3.63) is 0 Å². The van der Waals surface area contributed by atoms with E-state index >= 15 is 0 Å². The van der Waals surface area contributed by atoms with Crippen molar-refractivity contribution in [3.63, 3.8) is 0 Å². The van der Waals surface area contributed by atoms with Crippen molar-refractivity contribution in [1.29, 1.82) is 0 Å². The van der Waals surface area contributed by atoms with E-state index in [-0.39, 0.29) is 11.3 Å². The summed E-state index contributed by atoms with van der Waals surface area (Å²) in [5, 5.41) is 0. The van der Waals surface area contributed by atoms with Crippen LogP contribution in [-0.4, -0.2) is 31.7 Å². The molecule has 0 radical (unpaired) electrons. The predicted molar refractivity (Wildman–Crippen MR) is 84.2 cm³/mol. The molecule has 2 aliphatic carbocycles. The number of fused-ring (bicyclic) bond motifs is 2. The SMILES string of the molecule is O=S1(=O)CCC(C(CCl)(CCl)CC2CC3CCC2C3)C1. The van der Waals surface area contributed by atoms with Gasteiger partial charge in [0.05, 0.1) is 11.5 Å². The zero-order chi connectivity index (χ0) is 14.4. The van der Waals surface area contributed by atoms with E-state index in [1.54, 1.807) is 0 Å². The summed E-state index contributed by atoms with van der Waals surface area (Å²) in [6, 6.07) is 0. The highest BCUT2D eigenvalue weighted by Gasteiger charge is 2.48. The van der Waals surface area contributed by atoms with Crippen LogP contribution in [0.2, 0.25) is 0 Å². The number of sulfone groups is 1. The van der Waals surface area contributed by atoms with E-state index in [1.807, 2.05) is 0 Å². The molecule has 3 aliphatic rings. The van der Waals surface area contributed by atoms with Crippen LogP contribution < -0.4 is 0 Å². The number of halogens is 2. The number of hydrogen-bond donors (Lipinski definition) is 0. The van der Waals surface area contributed by atoms with Crippen molar-refractivity contribution in [2.45, 2.75) is 38.5 Å². The standard InChI is InChI=1S/C15H24Cl2O2S/c16-9-15(10-17,14-3-4-20(18,19)8-14)7-13-6-11-1-2-12(13)5-11/h11-14H,1-10H2. The molecule has 0 N–H and O–H groups in total. The topological polar surface area (TPSA) is 34.1 Å². The lowest BCUT2D eigenvalue weighted by molar-refractivity contribution is 0.154. The molecule has 2 saturated carbocycles. The molecule has 1 saturated heterocycles. The van der Waals surface area contributed by atoms with Gasteiger partial charge in [-0.05, 0) is 55.8 Å². The molecule has 0 aromatic carbocycles. The van der Waals surface area contributed by atoms with Crippen LogP contribution in [0.5, 0.6) is 0 Å². The second kappa shape index (κ2) is 5.62. The van der Waals surface area contributed by atoms with Gasteiger partial charge in [0.15, 0.2) is 9.84 Å². The first-order valence-corrected chi connectivity index (χ1v) is 10.7. The Morgan fingerprint density at radius 3 is 2.25 bits per heavy atom. The minimum Gasteiger partial charge on any atom is -0.229 e. The van der Waals surface area contributed by atoms with Crippen LogP contribution in [0.25, 0.3) is 0 Å². The van der Waals surface area contributed by atoms with Crippen LogP contribution >= 0.6 is 23.2 Å². The molecule has 0 amide bonds. The van der Waals surface area contributed by atoms with Crippen LogP contribution in [0.15, 0.2) is 0 Å². The fourth-order valence-corrected chi connectivity index (χ4v) is 7.84. The van der Waals surface area contributed by atoms with Crippen LogP contribution in [0.4, 0.5) is 0 Å². The molecule has 5 heteroatoms. The summed E-state index contributed by atoms with van der Waals surface area (Å²) in [7, 11) is -2.86. The van der Waals surface area contributed by atoms with Crippen molar-refractivity contribution >= 4 is 33.0 Å². The second-order valence-electron chi connectivity index (χ2n) is 7.37. The van der Waals surface area contributed by atoms with E-state index in [2.05, 4.69) is 0 Å². The van der Waals surface area contributed by atoms with Gasteiger partial charge in [0, 0.05) is 17.2 Å². The highest BCUT2D eigenvalue weighted by atomic mass is 35.5. The van der Waals surface area contributed by atoms with Gasteiger partial charge >= 0.3 is 0 Å². The average Bonchev–Trinajstić information content (AvgIpc) is 3.11. The van der Waals surface area contributed by atoms with Crippen molar-refractivity contribution in [2.24, 2.45) is 29.1 Å². The molecule has 116 valence electrons. The fourth-order valence-electron chi connectivity index (χ4n) is 4.96. The molecular weight excluding hydrogens is 315 g/mol. The molecule has 0 aromatic rings. The quantitative estimate of drug-likeness (QED) is 0.716. The first-order chi connectivity index (χ1) is 9.48. The summed E-state index contributed by atoms with van der Waals surface area (Å²) >= 11 is 12.6. The molecular formula is C15H24Cl2O2S. The zero-order valence-corrected chi connectivity index (χ0v) is 14.2. The van der Waals surface area contributed by atoms with E-state index in [1.165, 1.54) is 25.7 Å². The van der Waals surface area contributed by atoms with Gasteiger partial charge in [-0.25, -0.2) is 8.42 Å².